The van der Waals surface area contributed by atoms with Crippen LogP contribution in [-0.2, 0) is 0 Å². The van der Waals surface area contributed by atoms with Crippen molar-refractivity contribution in [2.75, 3.05) is 7.05 Å². The van der Waals surface area contributed by atoms with E-state index in [9.17, 15) is 4.39 Å². The van der Waals surface area contributed by atoms with Gasteiger partial charge in [0, 0.05) is 16.2 Å². The minimum absolute atomic E-state index is 0.178. The predicted molar refractivity (Wildman–Crippen MR) is 89.1 cm³/mol. The highest BCUT2D eigenvalue weighted by Crippen LogP contribution is 2.36. The van der Waals surface area contributed by atoms with Crippen LogP contribution in [0.15, 0.2) is 59.5 Å². The zero-order valence-corrected chi connectivity index (χ0v) is 13.5. The van der Waals surface area contributed by atoms with E-state index in [2.05, 4.69) is 43.4 Å². The zero-order chi connectivity index (χ0) is 15.2. The van der Waals surface area contributed by atoms with E-state index in [4.69, 9.17) is 0 Å². The van der Waals surface area contributed by atoms with Gasteiger partial charge < -0.3 is 5.32 Å². The largest absolute Gasteiger partial charge is 0.312 e. The molecule has 0 bridgehead atoms. The van der Waals surface area contributed by atoms with E-state index in [-0.39, 0.29) is 11.9 Å². The van der Waals surface area contributed by atoms with Crippen molar-refractivity contribution in [1.29, 1.82) is 0 Å². The van der Waals surface area contributed by atoms with Crippen LogP contribution in [0.3, 0.4) is 0 Å². The minimum Gasteiger partial charge on any atom is -0.312 e. The van der Waals surface area contributed by atoms with Crippen LogP contribution < -0.4 is 5.32 Å². The molecule has 0 heterocycles. The molecule has 2 aromatic rings. The number of halogens is 1. The predicted octanol–water partition coefficient (Wildman–Crippen LogP) is 4.90. The second-order valence-electron chi connectivity index (χ2n) is 5.46. The molecular formula is C18H22FNS. The third-order valence-corrected chi connectivity index (χ3v) is 5.14. The molecule has 2 aromatic carbocycles. The summed E-state index contributed by atoms with van der Waals surface area (Å²) >= 11 is 1.74. The van der Waals surface area contributed by atoms with Gasteiger partial charge in [0.2, 0.25) is 0 Å². The summed E-state index contributed by atoms with van der Waals surface area (Å²) in [5, 5.41) is 3.75. The monoisotopic (exact) mass is 303 g/mol. The number of hydrogen-bond acceptors (Lipinski definition) is 2. The van der Waals surface area contributed by atoms with Crippen molar-refractivity contribution in [2.45, 2.75) is 30.0 Å². The molecule has 0 saturated heterocycles. The van der Waals surface area contributed by atoms with Crippen molar-refractivity contribution in [3.63, 3.8) is 0 Å². The molecule has 3 heteroatoms. The van der Waals surface area contributed by atoms with Gasteiger partial charge in [0.1, 0.15) is 5.82 Å². The fraction of sp³-hybridized carbons (Fsp3) is 0.333. The lowest BCUT2D eigenvalue weighted by molar-refractivity contribution is 0.472. The smallest absolute Gasteiger partial charge is 0.124 e. The Hall–Kier alpha value is -1.32. The Labute approximate surface area is 131 Å². The van der Waals surface area contributed by atoms with Crippen molar-refractivity contribution >= 4 is 11.8 Å². The van der Waals surface area contributed by atoms with Gasteiger partial charge >= 0.3 is 0 Å². The molecular weight excluding hydrogens is 281 g/mol. The summed E-state index contributed by atoms with van der Waals surface area (Å²) < 4.78 is 13.4. The highest BCUT2D eigenvalue weighted by Gasteiger charge is 2.25. The Kier molecular flexibility index (Phi) is 5.83. The SMILES string of the molecule is CNC(c1ccccc1)C(Sc1cccc(F)c1)C(C)C. The molecule has 0 fully saturated rings. The average Bonchev–Trinajstić information content (AvgIpc) is 2.48. The molecule has 0 spiro atoms. The highest BCUT2D eigenvalue weighted by atomic mass is 32.2. The summed E-state index contributed by atoms with van der Waals surface area (Å²) in [6, 6.07) is 17.5. The second-order valence-corrected chi connectivity index (χ2v) is 6.71. The van der Waals surface area contributed by atoms with Gasteiger partial charge in [0.15, 0.2) is 0 Å². The van der Waals surface area contributed by atoms with Crippen LogP contribution in [0.2, 0.25) is 0 Å². The summed E-state index contributed by atoms with van der Waals surface area (Å²) in [7, 11) is 1.99. The first kappa shape index (κ1) is 16.1. The van der Waals surface area contributed by atoms with Gasteiger partial charge in [-0.25, -0.2) is 4.39 Å². The summed E-state index contributed by atoms with van der Waals surface area (Å²) in [6.45, 7) is 4.43. The molecule has 1 nitrogen and oxygen atoms in total. The molecule has 0 aliphatic carbocycles. The Balaban J connectivity index is 2.25. The molecule has 0 aliphatic rings. The normalized spacial score (nSPS) is 14.1. The van der Waals surface area contributed by atoms with Gasteiger partial charge in [0.05, 0.1) is 0 Å². The lowest BCUT2D eigenvalue weighted by atomic mass is 9.96. The molecule has 21 heavy (non-hydrogen) atoms. The van der Waals surface area contributed by atoms with E-state index in [0.29, 0.717) is 11.2 Å². The van der Waals surface area contributed by atoms with Crippen molar-refractivity contribution in [2.24, 2.45) is 5.92 Å². The Morgan fingerprint density at radius 1 is 1.00 bits per heavy atom. The van der Waals surface area contributed by atoms with Gasteiger partial charge in [-0.2, -0.15) is 0 Å². The number of benzene rings is 2. The molecule has 2 rings (SSSR count). The lowest BCUT2D eigenvalue weighted by Gasteiger charge is -2.30. The second kappa shape index (κ2) is 7.62. The van der Waals surface area contributed by atoms with Crippen LogP contribution >= 0.6 is 11.8 Å². The van der Waals surface area contributed by atoms with Crippen LogP contribution in [0.1, 0.15) is 25.5 Å². The van der Waals surface area contributed by atoms with Crippen LogP contribution in [0.25, 0.3) is 0 Å². The van der Waals surface area contributed by atoms with Crippen LogP contribution in [0, 0.1) is 11.7 Å². The Morgan fingerprint density at radius 3 is 2.29 bits per heavy atom. The van der Waals surface area contributed by atoms with Gasteiger partial charge in [-0.15, -0.1) is 11.8 Å². The third kappa shape index (κ3) is 4.32. The first-order valence-corrected chi connectivity index (χ1v) is 8.14. The zero-order valence-electron chi connectivity index (χ0n) is 12.7. The summed E-state index contributed by atoms with van der Waals surface area (Å²) in [5.41, 5.74) is 1.27. The van der Waals surface area contributed by atoms with Gasteiger partial charge in [0.25, 0.3) is 0 Å². The number of rotatable bonds is 6. The highest BCUT2D eigenvalue weighted by molar-refractivity contribution is 8.00. The number of thioether (sulfide) groups is 1. The van der Waals surface area contributed by atoms with Crippen LogP contribution in [-0.4, -0.2) is 12.3 Å². The summed E-state index contributed by atoms with van der Waals surface area (Å²) in [5.74, 6) is 0.291. The van der Waals surface area contributed by atoms with Gasteiger partial charge in [-0.1, -0.05) is 50.2 Å². The minimum atomic E-state index is -0.178. The maximum absolute atomic E-state index is 13.4. The lowest BCUT2D eigenvalue weighted by Crippen LogP contribution is -2.31. The van der Waals surface area contributed by atoms with Crippen molar-refractivity contribution in [3.8, 4) is 0 Å². The quantitative estimate of drug-likeness (QED) is 0.762. The maximum Gasteiger partial charge on any atom is 0.124 e. The van der Waals surface area contributed by atoms with E-state index in [1.807, 2.05) is 19.2 Å². The van der Waals surface area contributed by atoms with Crippen molar-refractivity contribution in [3.05, 3.63) is 66.0 Å². The molecule has 1 N–H and O–H groups in total. The average molecular weight is 303 g/mol. The third-order valence-electron chi connectivity index (χ3n) is 3.52. The van der Waals surface area contributed by atoms with Gasteiger partial charge in [-0.05, 0) is 36.7 Å². The van der Waals surface area contributed by atoms with E-state index in [1.54, 1.807) is 23.9 Å². The van der Waals surface area contributed by atoms with Crippen molar-refractivity contribution in [1.82, 2.24) is 5.32 Å². The fourth-order valence-electron chi connectivity index (χ4n) is 2.47. The molecule has 0 amide bonds. The topological polar surface area (TPSA) is 12.0 Å². The molecule has 0 radical (unpaired) electrons. The molecule has 0 aromatic heterocycles. The molecule has 0 aliphatic heterocycles. The fourth-order valence-corrected chi connectivity index (χ4v) is 3.82. The summed E-state index contributed by atoms with van der Waals surface area (Å²) in [6.07, 6.45) is 0. The molecule has 2 atom stereocenters. The summed E-state index contributed by atoms with van der Waals surface area (Å²) in [4.78, 5) is 0.977. The van der Waals surface area contributed by atoms with E-state index in [0.717, 1.165) is 4.90 Å². The van der Waals surface area contributed by atoms with E-state index >= 15 is 0 Å². The first-order chi connectivity index (χ1) is 10.1. The molecule has 112 valence electrons. The first-order valence-electron chi connectivity index (χ1n) is 7.26. The maximum atomic E-state index is 13.4. The van der Waals surface area contributed by atoms with Crippen LogP contribution in [0.5, 0.6) is 0 Å². The Morgan fingerprint density at radius 2 is 1.71 bits per heavy atom. The van der Waals surface area contributed by atoms with Crippen LogP contribution in [0.4, 0.5) is 4.39 Å². The number of nitrogens with one attached hydrogen (secondary N) is 1. The van der Waals surface area contributed by atoms with E-state index < -0.39 is 0 Å². The number of hydrogen-bond donors (Lipinski definition) is 1. The van der Waals surface area contributed by atoms with E-state index in [1.165, 1.54) is 11.6 Å². The molecule has 2 unspecified atom stereocenters. The Bertz CT molecular complexity index is 556. The van der Waals surface area contributed by atoms with Gasteiger partial charge in [-0.3, -0.25) is 0 Å². The van der Waals surface area contributed by atoms with Crippen molar-refractivity contribution < 1.29 is 4.39 Å². The standard InChI is InChI=1S/C18H22FNS/c1-13(2)18(21-16-11-7-10-15(19)12-16)17(20-3)14-8-5-4-6-9-14/h4-13,17-18,20H,1-3H3. The molecule has 0 saturated carbocycles.